The second kappa shape index (κ2) is 8.61. The molecule has 0 radical (unpaired) electrons. The summed E-state index contributed by atoms with van der Waals surface area (Å²) >= 11 is 0. The van der Waals surface area contributed by atoms with E-state index in [0.717, 1.165) is 6.07 Å². The minimum Gasteiger partial charge on any atom is -0.492 e. The highest BCUT2D eigenvalue weighted by Gasteiger charge is 2.17. The number of esters is 1. The molecule has 8 nitrogen and oxygen atoms in total. The number of rotatable bonds is 7. The lowest BCUT2D eigenvalue weighted by molar-refractivity contribution is -0.385. The van der Waals surface area contributed by atoms with Gasteiger partial charge in [-0.15, -0.1) is 0 Å². The number of para-hydroxylation sites is 2. The topological polar surface area (TPSA) is 108 Å². The van der Waals surface area contributed by atoms with Gasteiger partial charge in [0.25, 0.3) is 11.6 Å². The molecule has 136 valence electrons. The molecule has 0 atom stereocenters. The van der Waals surface area contributed by atoms with E-state index in [1.54, 1.807) is 31.2 Å². The Kier molecular flexibility index (Phi) is 6.26. The van der Waals surface area contributed by atoms with Crippen molar-refractivity contribution in [3.8, 4) is 5.75 Å². The Morgan fingerprint density at radius 1 is 1.19 bits per heavy atom. The number of nitrogens with zero attached hydrogens (tertiary/aromatic N) is 1. The van der Waals surface area contributed by atoms with Crippen molar-refractivity contribution < 1.29 is 24.0 Å². The second-order valence-electron chi connectivity index (χ2n) is 5.31. The molecule has 1 N–H and O–H groups in total. The maximum Gasteiger partial charge on any atom is 0.338 e. The molecule has 8 heteroatoms. The summed E-state index contributed by atoms with van der Waals surface area (Å²) in [6.45, 7) is 3.30. The number of anilines is 1. The molecule has 0 aliphatic carbocycles. The molecule has 1 amide bonds. The summed E-state index contributed by atoms with van der Waals surface area (Å²) < 4.78 is 10.3. The van der Waals surface area contributed by atoms with Crippen LogP contribution in [0.2, 0.25) is 0 Å². The zero-order valence-corrected chi connectivity index (χ0v) is 14.4. The molecule has 0 saturated heterocycles. The van der Waals surface area contributed by atoms with Crippen LogP contribution in [0.25, 0.3) is 0 Å². The van der Waals surface area contributed by atoms with Crippen molar-refractivity contribution in [1.82, 2.24) is 0 Å². The molecule has 2 rings (SSSR count). The minimum atomic E-state index is -0.818. The molecule has 2 aromatic carbocycles. The fourth-order valence-electron chi connectivity index (χ4n) is 2.19. The van der Waals surface area contributed by atoms with Crippen molar-refractivity contribution in [2.45, 2.75) is 13.8 Å². The molecular formula is C18H18N2O6. The number of amides is 1. The van der Waals surface area contributed by atoms with Gasteiger partial charge >= 0.3 is 5.97 Å². The molecular weight excluding hydrogens is 340 g/mol. The fraction of sp³-hybridized carbons (Fsp3) is 0.222. The van der Waals surface area contributed by atoms with Gasteiger partial charge in [-0.2, -0.15) is 0 Å². The van der Waals surface area contributed by atoms with Crippen molar-refractivity contribution in [2.75, 3.05) is 18.5 Å². The third kappa shape index (κ3) is 4.79. The number of nitrogens with one attached hydrogen (secondary N) is 1. The summed E-state index contributed by atoms with van der Waals surface area (Å²) in [5.41, 5.74) is 0.706. The van der Waals surface area contributed by atoms with Crippen LogP contribution in [-0.2, 0) is 9.53 Å². The quantitative estimate of drug-likeness (QED) is 0.463. The van der Waals surface area contributed by atoms with E-state index < -0.39 is 23.4 Å². The van der Waals surface area contributed by atoms with Crippen LogP contribution >= 0.6 is 0 Å². The molecule has 0 heterocycles. The van der Waals surface area contributed by atoms with Crippen molar-refractivity contribution in [1.29, 1.82) is 0 Å². The highest BCUT2D eigenvalue weighted by Crippen LogP contribution is 2.23. The number of ether oxygens (including phenoxy) is 2. The van der Waals surface area contributed by atoms with Gasteiger partial charge in [0.2, 0.25) is 0 Å². The number of carbonyl (C=O) groups is 2. The number of nitro groups is 1. The predicted octanol–water partition coefficient (Wildman–Crippen LogP) is 3.10. The van der Waals surface area contributed by atoms with Crippen LogP contribution in [0.15, 0.2) is 42.5 Å². The summed E-state index contributed by atoms with van der Waals surface area (Å²) in [5.74, 6) is -0.864. The van der Waals surface area contributed by atoms with E-state index in [2.05, 4.69) is 5.32 Å². The first kappa shape index (κ1) is 18.9. The van der Waals surface area contributed by atoms with Crippen molar-refractivity contribution in [2.24, 2.45) is 0 Å². The van der Waals surface area contributed by atoms with Crippen LogP contribution in [0.4, 0.5) is 11.4 Å². The molecule has 0 unspecified atom stereocenters. The Hall–Kier alpha value is -3.42. The zero-order chi connectivity index (χ0) is 19.1. The first-order valence-corrected chi connectivity index (χ1v) is 7.86. The largest absolute Gasteiger partial charge is 0.492 e. The van der Waals surface area contributed by atoms with Gasteiger partial charge in [-0.1, -0.05) is 18.2 Å². The van der Waals surface area contributed by atoms with Crippen molar-refractivity contribution >= 4 is 23.3 Å². The lowest BCUT2D eigenvalue weighted by Gasteiger charge is -2.11. The van der Waals surface area contributed by atoms with Crippen LogP contribution < -0.4 is 10.1 Å². The van der Waals surface area contributed by atoms with E-state index >= 15 is 0 Å². The number of nitro benzene ring substituents is 1. The standard InChI is InChI=1S/C18H18N2O6/c1-3-25-16-7-5-4-6-14(16)19-17(21)11-26-18(22)13-9-8-12(2)15(10-13)20(23)24/h4-10H,3,11H2,1-2H3,(H,19,21). The molecule has 0 fully saturated rings. The summed E-state index contributed by atoms with van der Waals surface area (Å²) in [4.78, 5) is 34.3. The maximum absolute atomic E-state index is 12.0. The molecule has 0 saturated carbocycles. The van der Waals surface area contributed by atoms with E-state index in [4.69, 9.17) is 9.47 Å². The van der Waals surface area contributed by atoms with Gasteiger partial charge in [0.15, 0.2) is 6.61 Å². The summed E-state index contributed by atoms with van der Waals surface area (Å²) in [6.07, 6.45) is 0. The van der Waals surface area contributed by atoms with Crippen molar-refractivity contribution in [3.63, 3.8) is 0 Å². The van der Waals surface area contributed by atoms with Gasteiger partial charge in [-0.25, -0.2) is 4.79 Å². The first-order valence-electron chi connectivity index (χ1n) is 7.86. The molecule has 0 aliphatic rings. The van der Waals surface area contributed by atoms with Crippen LogP contribution in [0.5, 0.6) is 5.75 Å². The SMILES string of the molecule is CCOc1ccccc1NC(=O)COC(=O)c1ccc(C)c([N+](=O)[O-])c1. The lowest BCUT2D eigenvalue weighted by Crippen LogP contribution is -2.21. The third-order valence-electron chi connectivity index (χ3n) is 3.44. The van der Waals surface area contributed by atoms with Crippen LogP contribution in [0.1, 0.15) is 22.8 Å². The van der Waals surface area contributed by atoms with Crippen molar-refractivity contribution in [3.05, 3.63) is 63.7 Å². The number of carbonyl (C=O) groups excluding carboxylic acids is 2. The lowest BCUT2D eigenvalue weighted by atomic mass is 10.1. The minimum absolute atomic E-state index is 0.00446. The van der Waals surface area contributed by atoms with E-state index in [-0.39, 0.29) is 11.3 Å². The van der Waals surface area contributed by atoms with Crippen LogP contribution in [-0.4, -0.2) is 30.0 Å². The van der Waals surface area contributed by atoms with Crippen LogP contribution in [0, 0.1) is 17.0 Å². The molecule has 26 heavy (non-hydrogen) atoms. The molecule has 2 aromatic rings. The van der Waals surface area contributed by atoms with E-state index in [1.807, 2.05) is 6.92 Å². The summed E-state index contributed by atoms with van der Waals surface area (Å²) in [6, 6.07) is 10.9. The highest BCUT2D eigenvalue weighted by molar-refractivity contribution is 5.96. The normalized spacial score (nSPS) is 10.1. The molecule has 0 aromatic heterocycles. The number of aryl methyl sites for hydroxylation is 1. The Bertz CT molecular complexity index is 834. The Morgan fingerprint density at radius 3 is 2.62 bits per heavy atom. The van der Waals surface area contributed by atoms with Gasteiger partial charge in [0, 0.05) is 11.6 Å². The fourth-order valence-corrected chi connectivity index (χ4v) is 2.19. The summed E-state index contributed by atoms with van der Waals surface area (Å²) in [5, 5.41) is 13.5. The average Bonchev–Trinajstić information content (AvgIpc) is 2.61. The van der Waals surface area contributed by atoms with Crippen LogP contribution in [0.3, 0.4) is 0 Å². The average molecular weight is 358 g/mol. The predicted molar refractivity (Wildman–Crippen MR) is 94.4 cm³/mol. The third-order valence-corrected chi connectivity index (χ3v) is 3.44. The van der Waals surface area contributed by atoms with E-state index in [1.165, 1.54) is 12.1 Å². The second-order valence-corrected chi connectivity index (χ2v) is 5.31. The Morgan fingerprint density at radius 2 is 1.92 bits per heavy atom. The zero-order valence-electron chi connectivity index (χ0n) is 14.4. The Balaban J connectivity index is 1.98. The van der Waals surface area contributed by atoms with E-state index in [9.17, 15) is 19.7 Å². The maximum atomic E-state index is 12.0. The molecule has 0 bridgehead atoms. The number of benzene rings is 2. The van der Waals surface area contributed by atoms with Gasteiger partial charge in [-0.05, 0) is 32.0 Å². The highest BCUT2D eigenvalue weighted by atomic mass is 16.6. The summed E-state index contributed by atoms with van der Waals surface area (Å²) in [7, 11) is 0. The monoisotopic (exact) mass is 358 g/mol. The van der Waals surface area contributed by atoms with Gasteiger partial charge < -0.3 is 14.8 Å². The molecule has 0 spiro atoms. The number of hydrogen-bond acceptors (Lipinski definition) is 6. The van der Waals surface area contributed by atoms with Gasteiger partial charge in [0.05, 0.1) is 22.8 Å². The van der Waals surface area contributed by atoms with E-state index in [0.29, 0.717) is 23.6 Å². The van der Waals surface area contributed by atoms with Gasteiger partial charge in [-0.3, -0.25) is 14.9 Å². The number of hydrogen-bond donors (Lipinski definition) is 1. The van der Waals surface area contributed by atoms with Gasteiger partial charge in [0.1, 0.15) is 5.75 Å². The first-order chi connectivity index (χ1) is 12.4. The smallest absolute Gasteiger partial charge is 0.338 e. The molecule has 0 aliphatic heterocycles. The Labute approximate surface area is 149 Å².